The van der Waals surface area contributed by atoms with Crippen molar-refractivity contribution in [2.24, 2.45) is 0 Å². The standard InChI is InChI=1S/C29H22F4/c1-3-29(4-2)25-13-17(21-11-7-19(30)15-27(21)32)5-9-23(25)24-10-6-18(14-26(24)29)22-12-8-20(31)16-28(22)33/h5-16H,3-4H2,1-2H3. The molecular weight excluding hydrogens is 424 g/mol. The summed E-state index contributed by atoms with van der Waals surface area (Å²) in [4.78, 5) is 0. The van der Waals surface area contributed by atoms with Gasteiger partial charge in [-0.05, 0) is 82.6 Å². The summed E-state index contributed by atoms with van der Waals surface area (Å²) in [6.45, 7) is 4.22. The van der Waals surface area contributed by atoms with Gasteiger partial charge in [0.2, 0.25) is 0 Å². The van der Waals surface area contributed by atoms with E-state index < -0.39 is 23.3 Å². The van der Waals surface area contributed by atoms with E-state index in [0.717, 1.165) is 47.2 Å². The lowest BCUT2D eigenvalue weighted by Crippen LogP contribution is -2.23. The van der Waals surface area contributed by atoms with Gasteiger partial charge in [0.15, 0.2) is 0 Å². The van der Waals surface area contributed by atoms with E-state index in [1.165, 1.54) is 24.3 Å². The molecule has 5 rings (SSSR count). The summed E-state index contributed by atoms with van der Waals surface area (Å²) in [6.07, 6.45) is 1.60. The smallest absolute Gasteiger partial charge is 0.133 e. The van der Waals surface area contributed by atoms with Crippen molar-refractivity contribution in [3.63, 3.8) is 0 Å². The second-order valence-corrected chi connectivity index (χ2v) is 8.56. The zero-order chi connectivity index (χ0) is 23.3. The van der Waals surface area contributed by atoms with Gasteiger partial charge in [-0.15, -0.1) is 0 Å². The number of fused-ring (bicyclic) bond motifs is 3. The Morgan fingerprint density at radius 2 is 0.909 bits per heavy atom. The third-order valence-corrected chi connectivity index (χ3v) is 7.05. The molecule has 0 radical (unpaired) electrons. The maximum Gasteiger partial charge on any atom is 0.133 e. The van der Waals surface area contributed by atoms with E-state index in [-0.39, 0.29) is 5.41 Å². The van der Waals surface area contributed by atoms with Crippen molar-refractivity contribution in [1.82, 2.24) is 0 Å². The van der Waals surface area contributed by atoms with Gasteiger partial charge in [-0.25, -0.2) is 17.6 Å². The first-order chi connectivity index (χ1) is 15.9. The molecule has 0 amide bonds. The Bertz CT molecular complexity index is 1280. The minimum absolute atomic E-state index is 0.330. The molecule has 0 bridgehead atoms. The SMILES string of the molecule is CCC1(CC)c2cc(-c3ccc(F)cc3F)ccc2-c2ccc(-c3ccc(F)cc3F)cc21. The van der Waals surface area contributed by atoms with E-state index in [2.05, 4.69) is 13.8 Å². The molecule has 0 aliphatic heterocycles. The van der Waals surface area contributed by atoms with Crippen LogP contribution in [0.2, 0.25) is 0 Å². The lowest BCUT2D eigenvalue weighted by molar-refractivity contribution is 0.490. The summed E-state index contributed by atoms with van der Waals surface area (Å²) >= 11 is 0. The summed E-state index contributed by atoms with van der Waals surface area (Å²) in [5.41, 5.74) is 6.04. The molecule has 166 valence electrons. The van der Waals surface area contributed by atoms with Crippen LogP contribution in [0, 0.1) is 23.3 Å². The second-order valence-electron chi connectivity index (χ2n) is 8.56. The molecule has 0 heterocycles. The van der Waals surface area contributed by atoms with Crippen LogP contribution >= 0.6 is 0 Å². The zero-order valence-corrected chi connectivity index (χ0v) is 18.4. The van der Waals surface area contributed by atoms with Gasteiger partial charge in [0.1, 0.15) is 23.3 Å². The van der Waals surface area contributed by atoms with Gasteiger partial charge in [0, 0.05) is 28.7 Å². The van der Waals surface area contributed by atoms with Gasteiger partial charge in [-0.2, -0.15) is 0 Å². The van der Waals surface area contributed by atoms with Gasteiger partial charge in [-0.1, -0.05) is 38.1 Å². The minimum Gasteiger partial charge on any atom is -0.207 e. The summed E-state index contributed by atoms with van der Waals surface area (Å²) in [6, 6.07) is 18.9. The predicted molar refractivity (Wildman–Crippen MR) is 124 cm³/mol. The third kappa shape index (κ3) is 3.28. The first-order valence-electron chi connectivity index (χ1n) is 11.1. The average molecular weight is 446 g/mol. The molecule has 0 spiro atoms. The van der Waals surface area contributed by atoms with Crippen LogP contribution in [0.5, 0.6) is 0 Å². The Morgan fingerprint density at radius 3 is 1.27 bits per heavy atom. The van der Waals surface area contributed by atoms with Crippen LogP contribution in [-0.4, -0.2) is 0 Å². The van der Waals surface area contributed by atoms with E-state index in [4.69, 9.17) is 0 Å². The lowest BCUT2D eigenvalue weighted by Gasteiger charge is -2.30. The van der Waals surface area contributed by atoms with E-state index >= 15 is 0 Å². The van der Waals surface area contributed by atoms with Gasteiger partial charge in [-0.3, -0.25) is 0 Å². The quantitative estimate of drug-likeness (QED) is 0.275. The highest BCUT2D eigenvalue weighted by Crippen LogP contribution is 2.54. The molecule has 0 saturated carbocycles. The van der Waals surface area contributed by atoms with Crippen molar-refractivity contribution in [2.75, 3.05) is 0 Å². The molecule has 0 aromatic heterocycles. The fourth-order valence-corrected chi connectivity index (χ4v) is 5.29. The van der Waals surface area contributed by atoms with Crippen molar-refractivity contribution in [3.05, 3.63) is 107 Å². The van der Waals surface area contributed by atoms with Crippen LogP contribution < -0.4 is 0 Å². The highest BCUT2D eigenvalue weighted by Gasteiger charge is 2.41. The maximum atomic E-state index is 14.5. The summed E-state index contributed by atoms with van der Waals surface area (Å²) in [5, 5.41) is 0. The number of hydrogen-bond acceptors (Lipinski definition) is 0. The van der Waals surface area contributed by atoms with Crippen molar-refractivity contribution in [2.45, 2.75) is 32.1 Å². The number of hydrogen-bond donors (Lipinski definition) is 0. The Kier molecular flexibility index (Phi) is 5.12. The first kappa shape index (κ1) is 21.4. The summed E-state index contributed by atoms with van der Waals surface area (Å²) < 4.78 is 55.9. The van der Waals surface area contributed by atoms with Crippen molar-refractivity contribution < 1.29 is 17.6 Å². The zero-order valence-electron chi connectivity index (χ0n) is 18.4. The molecule has 1 aliphatic rings. The predicted octanol–water partition coefficient (Wildman–Crippen LogP) is 8.66. The molecule has 1 aliphatic carbocycles. The first-order valence-corrected chi connectivity index (χ1v) is 11.1. The summed E-state index contributed by atoms with van der Waals surface area (Å²) in [7, 11) is 0. The number of benzene rings is 4. The lowest BCUT2D eigenvalue weighted by atomic mass is 9.73. The molecule has 0 unspecified atom stereocenters. The molecule has 33 heavy (non-hydrogen) atoms. The van der Waals surface area contributed by atoms with Crippen LogP contribution in [-0.2, 0) is 5.41 Å². The van der Waals surface area contributed by atoms with Crippen LogP contribution in [0.1, 0.15) is 37.8 Å². The van der Waals surface area contributed by atoms with Crippen molar-refractivity contribution >= 4 is 0 Å². The molecule has 0 nitrogen and oxygen atoms in total. The number of halogens is 4. The van der Waals surface area contributed by atoms with Gasteiger partial charge in [0.25, 0.3) is 0 Å². The second kappa shape index (κ2) is 7.87. The van der Waals surface area contributed by atoms with Gasteiger partial charge < -0.3 is 0 Å². The maximum absolute atomic E-state index is 14.5. The topological polar surface area (TPSA) is 0 Å². The van der Waals surface area contributed by atoms with E-state index in [1.807, 2.05) is 36.4 Å². The van der Waals surface area contributed by atoms with Crippen LogP contribution in [0.3, 0.4) is 0 Å². The molecule has 0 atom stereocenters. The summed E-state index contributed by atoms with van der Waals surface area (Å²) in [5.74, 6) is -2.42. The molecule has 4 aromatic carbocycles. The Hall–Kier alpha value is -3.40. The highest BCUT2D eigenvalue weighted by atomic mass is 19.1. The van der Waals surface area contributed by atoms with E-state index in [0.29, 0.717) is 22.3 Å². The largest absolute Gasteiger partial charge is 0.207 e. The van der Waals surface area contributed by atoms with Gasteiger partial charge >= 0.3 is 0 Å². The van der Waals surface area contributed by atoms with Crippen molar-refractivity contribution in [1.29, 1.82) is 0 Å². The Morgan fingerprint density at radius 1 is 0.515 bits per heavy atom. The molecule has 0 N–H and O–H groups in total. The molecule has 0 saturated heterocycles. The van der Waals surface area contributed by atoms with Crippen LogP contribution in [0.25, 0.3) is 33.4 Å². The fourth-order valence-electron chi connectivity index (χ4n) is 5.29. The minimum atomic E-state index is -0.609. The Labute approximate surface area is 190 Å². The highest BCUT2D eigenvalue weighted by molar-refractivity contribution is 5.86. The van der Waals surface area contributed by atoms with Crippen molar-refractivity contribution in [3.8, 4) is 33.4 Å². The number of rotatable bonds is 4. The third-order valence-electron chi connectivity index (χ3n) is 7.05. The molecule has 0 fully saturated rings. The monoisotopic (exact) mass is 446 g/mol. The molecular formula is C29H22F4. The molecule has 4 heteroatoms. The van der Waals surface area contributed by atoms with Crippen LogP contribution in [0.4, 0.5) is 17.6 Å². The molecule has 4 aromatic rings. The fraction of sp³-hybridized carbons (Fsp3) is 0.172. The normalized spacial score (nSPS) is 13.6. The van der Waals surface area contributed by atoms with Gasteiger partial charge in [0.05, 0.1) is 0 Å². The Balaban J connectivity index is 1.69. The average Bonchev–Trinajstić information content (AvgIpc) is 3.07. The van der Waals surface area contributed by atoms with E-state index in [9.17, 15) is 17.6 Å². The van der Waals surface area contributed by atoms with Crippen LogP contribution in [0.15, 0.2) is 72.8 Å². The van der Waals surface area contributed by atoms with E-state index in [1.54, 1.807) is 0 Å².